The third-order valence-corrected chi connectivity index (χ3v) is 4.01. The van der Waals surface area contributed by atoms with Crippen LogP contribution in [0.3, 0.4) is 0 Å². The van der Waals surface area contributed by atoms with Crippen LogP contribution in [0.15, 0.2) is 0 Å². The molecule has 4 nitrogen and oxygen atoms in total. The summed E-state index contributed by atoms with van der Waals surface area (Å²) in [6.45, 7) is 5.97. The summed E-state index contributed by atoms with van der Waals surface area (Å²) in [4.78, 5) is 14.7. The first-order chi connectivity index (χ1) is 8.09. The van der Waals surface area contributed by atoms with Gasteiger partial charge in [0.05, 0.1) is 18.6 Å². The van der Waals surface area contributed by atoms with Crippen molar-refractivity contribution in [3.8, 4) is 0 Å². The molecular formula is C13H24N2O2. The van der Waals surface area contributed by atoms with E-state index in [1.807, 2.05) is 6.92 Å². The van der Waals surface area contributed by atoms with Crippen LogP contribution < -0.4 is 5.73 Å². The van der Waals surface area contributed by atoms with E-state index in [-0.39, 0.29) is 11.9 Å². The van der Waals surface area contributed by atoms with E-state index >= 15 is 0 Å². The quantitative estimate of drug-likeness (QED) is 0.784. The molecule has 1 saturated heterocycles. The minimum Gasteiger partial charge on any atom is -0.379 e. The highest BCUT2D eigenvalue weighted by Crippen LogP contribution is 2.35. The fraction of sp³-hybridized carbons (Fsp3) is 0.923. The van der Waals surface area contributed by atoms with E-state index in [2.05, 4.69) is 11.8 Å². The number of nitrogens with zero attached hydrogens (tertiary/aromatic N) is 1. The Kier molecular flexibility index (Phi) is 3.73. The lowest BCUT2D eigenvalue weighted by molar-refractivity contribution is -0.142. The summed E-state index contributed by atoms with van der Waals surface area (Å²) in [5.74, 6) is 0.207. The van der Waals surface area contributed by atoms with Crippen LogP contribution in [0.4, 0.5) is 0 Å². The van der Waals surface area contributed by atoms with Gasteiger partial charge in [-0.05, 0) is 26.2 Å². The van der Waals surface area contributed by atoms with Gasteiger partial charge in [0.25, 0.3) is 0 Å². The number of nitrogens with two attached hydrogens (primary N) is 1. The number of unbranched alkanes of at least 4 members (excludes halogenated alkanes) is 1. The molecule has 2 N–H and O–H groups in total. The maximum absolute atomic E-state index is 12.6. The first-order valence-electron chi connectivity index (χ1n) is 6.74. The topological polar surface area (TPSA) is 55.6 Å². The number of carbonyl (C=O) groups excluding carboxylic acids is 1. The molecule has 0 aromatic carbocycles. The van der Waals surface area contributed by atoms with Crippen LogP contribution in [0, 0.1) is 5.41 Å². The Bertz CT molecular complexity index is 291. The Morgan fingerprint density at radius 1 is 1.53 bits per heavy atom. The van der Waals surface area contributed by atoms with Crippen molar-refractivity contribution in [3.63, 3.8) is 0 Å². The molecular weight excluding hydrogens is 216 g/mol. The maximum atomic E-state index is 12.6. The molecule has 2 aliphatic rings. The van der Waals surface area contributed by atoms with E-state index in [1.165, 1.54) is 0 Å². The zero-order valence-electron chi connectivity index (χ0n) is 10.9. The third kappa shape index (κ3) is 2.47. The molecule has 4 heteroatoms. The molecule has 1 aliphatic carbocycles. The highest BCUT2D eigenvalue weighted by molar-refractivity contribution is 5.84. The minimum atomic E-state index is -0.504. The number of ether oxygens (including phenoxy) is 1. The van der Waals surface area contributed by atoms with Gasteiger partial charge in [-0.1, -0.05) is 13.3 Å². The molecule has 0 radical (unpaired) electrons. The van der Waals surface area contributed by atoms with Crippen LogP contribution in [0.5, 0.6) is 0 Å². The van der Waals surface area contributed by atoms with Crippen LogP contribution in [-0.4, -0.2) is 42.6 Å². The molecule has 1 aliphatic heterocycles. The van der Waals surface area contributed by atoms with E-state index in [0.29, 0.717) is 19.3 Å². The van der Waals surface area contributed by atoms with Gasteiger partial charge < -0.3 is 15.4 Å². The molecule has 1 amide bonds. The molecule has 1 heterocycles. The molecule has 0 aromatic rings. The van der Waals surface area contributed by atoms with Gasteiger partial charge in [-0.15, -0.1) is 0 Å². The standard InChI is InChI=1S/C13H24N2O2/c1-3-4-7-15(10-5-6-10)12(16)13(2)9-17-8-11(13)14/h10-11H,3-9,14H2,1-2H3. The van der Waals surface area contributed by atoms with E-state index in [0.717, 1.165) is 32.2 Å². The van der Waals surface area contributed by atoms with Crippen molar-refractivity contribution < 1.29 is 9.53 Å². The third-order valence-electron chi connectivity index (χ3n) is 4.01. The zero-order valence-corrected chi connectivity index (χ0v) is 10.9. The SMILES string of the molecule is CCCCN(C(=O)C1(C)COCC1N)C1CC1. The lowest BCUT2D eigenvalue weighted by atomic mass is 9.84. The molecule has 17 heavy (non-hydrogen) atoms. The highest BCUT2D eigenvalue weighted by Gasteiger charge is 2.48. The summed E-state index contributed by atoms with van der Waals surface area (Å²) in [6.07, 6.45) is 4.51. The fourth-order valence-electron chi connectivity index (χ4n) is 2.40. The predicted octanol–water partition coefficient (Wildman–Crippen LogP) is 1.14. The molecule has 0 bridgehead atoms. The molecule has 0 spiro atoms. The second-order valence-corrected chi connectivity index (χ2v) is 5.62. The van der Waals surface area contributed by atoms with Gasteiger partial charge >= 0.3 is 0 Å². The Balaban J connectivity index is 2.04. The molecule has 2 atom stereocenters. The van der Waals surface area contributed by atoms with Crippen LogP contribution in [-0.2, 0) is 9.53 Å². The lowest BCUT2D eigenvalue weighted by Gasteiger charge is -2.33. The fourth-order valence-corrected chi connectivity index (χ4v) is 2.40. The molecule has 2 rings (SSSR count). The van der Waals surface area contributed by atoms with Gasteiger partial charge in [0, 0.05) is 18.6 Å². The van der Waals surface area contributed by atoms with E-state index in [4.69, 9.17) is 10.5 Å². The van der Waals surface area contributed by atoms with Gasteiger partial charge in [0.1, 0.15) is 0 Å². The summed E-state index contributed by atoms with van der Waals surface area (Å²) >= 11 is 0. The van der Waals surface area contributed by atoms with Crippen LogP contribution in [0.25, 0.3) is 0 Å². The Morgan fingerprint density at radius 3 is 2.71 bits per heavy atom. The van der Waals surface area contributed by atoms with Gasteiger partial charge in [-0.25, -0.2) is 0 Å². The van der Waals surface area contributed by atoms with Crippen molar-refractivity contribution in [2.24, 2.45) is 11.1 Å². The van der Waals surface area contributed by atoms with Gasteiger partial charge in [-0.3, -0.25) is 4.79 Å². The lowest BCUT2D eigenvalue weighted by Crippen LogP contribution is -2.52. The van der Waals surface area contributed by atoms with E-state index in [9.17, 15) is 4.79 Å². The summed E-state index contributed by atoms with van der Waals surface area (Å²) in [7, 11) is 0. The molecule has 2 unspecified atom stereocenters. The van der Waals surface area contributed by atoms with E-state index < -0.39 is 5.41 Å². The Hall–Kier alpha value is -0.610. The smallest absolute Gasteiger partial charge is 0.232 e. The van der Waals surface area contributed by atoms with Crippen molar-refractivity contribution in [2.45, 2.75) is 51.6 Å². The summed E-state index contributed by atoms with van der Waals surface area (Å²) < 4.78 is 5.38. The zero-order chi connectivity index (χ0) is 12.5. The van der Waals surface area contributed by atoms with Gasteiger partial charge in [0.15, 0.2) is 0 Å². The first-order valence-corrected chi connectivity index (χ1v) is 6.74. The molecule has 0 aromatic heterocycles. The van der Waals surface area contributed by atoms with Gasteiger partial charge in [0.2, 0.25) is 5.91 Å². The Labute approximate surface area is 103 Å². The van der Waals surface area contributed by atoms with Gasteiger partial charge in [-0.2, -0.15) is 0 Å². The second-order valence-electron chi connectivity index (χ2n) is 5.62. The summed E-state index contributed by atoms with van der Waals surface area (Å²) in [6, 6.07) is 0.316. The van der Waals surface area contributed by atoms with Crippen molar-refractivity contribution >= 4 is 5.91 Å². The average molecular weight is 240 g/mol. The number of hydrogen-bond acceptors (Lipinski definition) is 3. The molecule has 2 fully saturated rings. The van der Waals surface area contributed by atoms with Crippen LogP contribution >= 0.6 is 0 Å². The summed E-state index contributed by atoms with van der Waals surface area (Å²) in [5.41, 5.74) is 5.53. The van der Waals surface area contributed by atoms with Crippen LogP contribution in [0.2, 0.25) is 0 Å². The predicted molar refractivity (Wildman–Crippen MR) is 66.5 cm³/mol. The van der Waals surface area contributed by atoms with Crippen molar-refractivity contribution in [1.29, 1.82) is 0 Å². The first kappa shape index (κ1) is 12.8. The van der Waals surface area contributed by atoms with Crippen LogP contribution in [0.1, 0.15) is 39.5 Å². The largest absolute Gasteiger partial charge is 0.379 e. The highest BCUT2D eigenvalue weighted by atomic mass is 16.5. The van der Waals surface area contributed by atoms with Crippen molar-refractivity contribution in [1.82, 2.24) is 4.90 Å². The second kappa shape index (κ2) is 4.94. The average Bonchev–Trinajstić information content (AvgIpc) is 3.08. The molecule has 98 valence electrons. The van der Waals surface area contributed by atoms with Crippen molar-refractivity contribution in [3.05, 3.63) is 0 Å². The minimum absolute atomic E-state index is 0.155. The number of amides is 1. The molecule has 1 saturated carbocycles. The summed E-state index contributed by atoms with van der Waals surface area (Å²) in [5, 5.41) is 0. The monoisotopic (exact) mass is 240 g/mol. The van der Waals surface area contributed by atoms with E-state index in [1.54, 1.807) is 0 Å². The number of hydrogen-bond donors (Lipinski definition) is 1. The number of carbonyl (C=O) groups is 1. The number of rotatable bonds is 5. The normalized spacial score (nSPS) is 32.8. The Morgan fingerprint density at radius 2 is 2.24 bits per heavy atom. The maximum Gasteiger partial charge on any atom is 0.232 e. The van der Waals surface area contributed by atoms with Crippen molar-refractivity contribution in [2.75, 3.05) is 19.8 Å².